The lowest BCUT2D eigenvalue weighted by Gasteiger charge is -1.93. The van der Waals surface area contributed by atoms with E-state index < -0.39 is 5.97 Å². The molecule has 0 unspecified atom stereocenters. The molecule has 1 heterocycles. The van der Waals surface area contributed by atoms with Gasteiger partial charge in [0.05, 0.1) is 12.8 Å². The minimum Gasteiger partial charge on any atom is -0.465 e. The van der Waals surface area contributed by atoms with Crippen LogP contribution in [0.3, 0.4) is 0 Å². The fourth-order valence-electron chi connectivity index (χ4n) is 0.840. The first-order valence-electron chi connectivity index (χ1n) is 3.81. The van der Waals surface area contributed by atoms with Crippen molar-refractivity contribution in [2.45, 2.75) is 6.92 Å². The molecule has 0 bridgehead atoms. The van der Waals surface area contributed by atoms with Gasteiger partial charge in [0, 0.05) is 4.88 Å². The topological polar surface area (TPSA) is 63.0 Å². The molecule has 0 amide bonds. The van der Waals surface area contributed by atoms with Gasteiger partial charge in [-0.2, -0.15) is 9.64 Å². The van der Waals surface area contributed by atoms with Crippen molar-refractivity contribution in [1.82, 2.24) is 4.37 Å². The van der Waals surface area contributed by atoms with Gasteiger partial charge in [-0.05, 0) is 30.6 Å². The van der Waals surface area contributed by atoms with Gasteiger partial charge in [0.25, 0.3) is 0 Å². The van der Waals surface area contributed by atoms with E-state index in [-0.39, 0.29) is 5.57 Å². The number of ether oxygens (including phenoxy) is 1. The molecule has 0 fully saturated rings. The Morgan fingerprint density at radius 2 is 2.50 bits per heavy atom. The Balaban J connectivity index is 2.96. The van der Waals surface area contributed by atoms with Crippen LogP contribution in [0.1, 0.15) is 10.6 Å². The molecule has 72 valence electrons. The van der Waals surface area contributed by atoms with Crippen LogP contribution in [0.4, 0.5) is 0 Å². The average molecular weight is 208 g/mol. The molecule has 5 heteroatoms. The van der Waals surface area contributed by atoms with Crippen LogP contribution in [0.2, 0.25) is 0 Å². The second-order valence-corrected chi connectivity index (χ2v) is 3.37. The normalized spacial score (nSPS) is 10.8. The van der Waals surface area contributed by atoms with Gasteiger partial charge in [0.1, 0.15) is 11.6 Å². The molecule has 1 rings (SSSR count). The van der Waals surface area contributed by atoms with E-state index in [9.17, 15) is 4.79 Å². The number of nitriles is 1. The van der Waals surface area contributed by atoms with Crippen LogP contribution in [-0.2, 0) is 9.53 Å². The molecule has 0 aliphatic carbocycles. The second kappa shape index (κ2) is 4.53. The number of aryl methyl sites for hydroxylation is 1. The zero-order valence-electron chi connectivity index (χ0n) is 7.77. The summed E-state index contributed by atoms with van der Waals surface area (Å²) in [6.07, 6.45) is 1.47. The number of aromatic nitrogens is 1. The number of nitrogens with zero attached hydrogens (tertiary/aromatic N) is 2. The summed E-state index contributed by atoms with van der Waals surface area (Å²) in [5, 5.41) is 8.66. The number of hydrogen-bond acceptors (Lipinski definition) is 5. The van der Waals surface area contributed by atoms with Gasteiger partial charge in [-0.1, -0.05) is 0 Å². The van der Waals surface area contributed by atoms with Crippen molar-refractivity contribution in [3.05, 3.63) is 22.2 Å². The van der Waals surface area contributed by atoms with E-state index in [4.69, 9.17) is 5.26 Å². The molecule has 0 aliphatic heterocycles. The number of rotatable bonds is 2. The minimum atomic E-state index is -0.626. The number of hydrogen-bond donors (Lipinski definition) is 0. The summed E-state index contributed by atoms with van der Waals surface area (Å²) in [4.78, 5) is 11.8. The van der Waals surface area contributed by atoms with Gasteiger partial charge in [-0.25, -0.2) is 4.79 Å². The van der Waals surface area contributed by atoms with Crippen LogP contribution in [0.15, 0.2) is 11.6 Å². The maximum Gasteiger partial charge on any atom is 0.348 e. The third-order valence-electron chi connectivity index (χ3n) is 1.46. The SMILES string of the molecule is COC(=O)/C(C#N)=C/c1cc(C)ns1. The summed E-state index contributed by atoms with van der Waals surface area (Å²) in [7, 11) is 1.24. The van der Waals surface area contributed by atoms with Crippen LogP contribution >= 0.6 is 11.5 Å². The Morgan fingerprint density at radius 3 is 2.93 bits per heavy atom. The molecule has 0 spiro atoms. The molecule has 1 aromatic heterocycles. The van der Waals surface area contributed by atoms with E-state index in [0.29, 0.717) is 0 Å². The van der Waals surface area contributed by atoms with Crippen molar-refractivity contribution in [2.75, 3.05) is 7.11 Å². The molecule has 4 nitrogen and oxygen atoms in total. The van der Waals surface area contributed by atoms with Crippen molar-refractivity contribution in [1.29, 1.82) is 5.26 Å². The van der Waals surface area contributed by atoms with Crippen molar-refractivity contribution < 1.29 is 9.53 Å². The van der Waals surface area contributed by atoms with E-state index in [1.54, 1.807) is 12.1 Å². The zero-order valence-corrected chi connectivity index (χ0v) is 8.59. The van der Waals surface area contributed by atoms with Crippen LogP contribution in [-0.4, -0.2) is 17.5 Å². The number of carbonyl (C=O) groups is 1. The average Bonchev–Trinajstić information content (AvgIpc) is 2.59. The molecule has 0 aliphatic rings. The summed E-state index contributed by atoms with van der Waals surface area (Å²) in [6.45, 7) is 1.85. The van der Waals surface area contributed by atoms with Crippen LogP contribution in [0.5, 0.6) is 0 Å². The summed E-state index contributed by atoms with van der Waals surface area (Å²) in [6, 6.07) is 3.57. The van der Waals surface area contributed by atoms with E-state index in [0.717, 1.165) is 10.6 Å². The largest absolute Gasteiger partial charge is 0.465 e. The van der Waals surface area contributed by atoms with Crippen molar-refractivity contribution >= 4 is 23.6 Å². The third-order valence-corrected chi connectivity index (χ3v) is 2.28. The van der Waals surface area contributed by atoms with Crippen molar-refractivity contribution in [2.24, 2.45) is 0 Å². The highest BCUT2D eigenvalue weighted by Gasteiger charge is 2.08. The second-order valence-electron chi connectivity index (χ2n) is 2.53. The van der Waals surface area contributed by atoms with E-state index in [1.165, 1.54) is 24.7 Å². The highest BCUT2D eigenvalue weighted by atomic mass is 32.1. The van der Waals surface area contributed by atoms with Crippen LogP contribution in [0, 0.1) is 18.3 Å². The van der Waals surface area contributed by atoms with Gasteiger partial charge >= 0.3 is 5.97 Å². The number of esters is 1. The molecule has 14 heavy (non-hydrogen) atoms. The highest BCUT2D eigenvalue weighted by molar-refractivity contribution is 7.06. The van der Waals surface area contributed by atoms with Gasteiger partial charge in [-0.3, -0.25) is 0 Å². The molecule has 0 N–H and O–H groups in total. The fourth-order valence-corrected chi connectivity index (χ4v) is 1.54. The molecule has 0 atom stereocenters. The first kappa shape index (κ1) is 10.4. The Morgan fingerprint density at radius 1 is 1.79 bits per heavy atom. The summed E-state index contributed by atoms with van der Waals surface area (Å²) in [5.41, 5.74) is 0.847. The number of carbonyl (C=O) groups excluding carboxylic acids is 1. The lowest BCUT2D eigenvalue weighted by molar-refractivity contribution is -0.135. The zero-order chi connectivity index (χ0) is 10.6. The predicted octanol–water partition coefficient (Wildman–Crippen LogP) is 1.53. The molecule has 0 saturated carbocycles. The lowest BCUT2D eigenvalue weighted by atomic mass is 10.2. The number of methoxy groups -OCH3 is 1. The standard InChI is InChI=1S/C9H8N2O2S/c1-6-3-8(14-11-6)4-7(5-10)9(12)13-2/h3-4H,1-2H3/b7-4+. The monoisotopic (exact) mass is 208 g/mol. The van der Waals surface area contributed by atoms with Gasteiger partial charge in [0.2, 0.25) is 0 Å². The Labute approximate surface area is 85.6 Å². The van der Waals surface area contributed by atoms with Gasteiger partial charge in [-0.15, -0.1) is 0 Å². The Kier molecular flexibility index (Phi) is 3.37. The molecular formula is C9H8N2O2S. The predicted molar refractivity (Wildman–Crippen MR) is 52.5 cm³/mol. The highest BCUT2D eigenvalue weighted by Crippen LogP contribution is 2.13. The smallest absolute Gasteiger partial charge is 0.348 e. The van der Waals surface area contributed by atoms with Crippen molar-refractivity contribution in [3.8, 4) is 6.07 Å². The summed E-state index contributed by atoms with van der Waals surface area (Å²) < 4.78 is 8.46. The van der Waals surface area contributed by atoms with Crippen LogP contribution < -0.4 is 0 Å². The maximum absolute atomic E-state index is 11.0. The molecule has 0 radical (unpaired) electrons. The maximum atomic E-state index is 11.0. The van der Waals surface area contributed by atoms with E-state index in [1.807, 2.05) is 6.92 Å². The summed E-state index contributed by atoms with van der Waals surface area (Å²) >= 11 is 1.24. The molecular weight excluding hydrogens is 200 g/mol. The quantitative estimate of drug-likeness (QED) is 0.420. The van der Waals surface area contributed by atoms with Crippen molar-refractivity contribution in [3.63, 3.8) is 0 Å². The Hall–Kier alpha value is -1.67. The lowest BCUT2D eigenvalue weighted by Crippen LogP contribution is -2.02. The molecule has 0 saturated heterocycles. The van der Waals surface area contributed by atoms with Gasteiger partial charge in [0.15, 0.2) is 0 Å². The van der Waals surface area contributed by atoms with Crippen LogP contribution in [0.25, 0.3) is 6.08 Å². The summed E-state index contributed by atoms with van der Waals surface area (Å²) in [5.74, 6) is -0.626. The molecule has 1 aromatic rings. The first-order valence-corrected chi connectivity index (χ1v) is 4.58. The van der Waals surface area contributed by atoms with E-state index in [2.05, 4.69) is 9.11 Å². The minimum absolute atomic E-state index is 0.0175. The molecule has 0 aromatic carbocycles. The Bertz CT molecular complexity index is 415. The first-order chi connectivity index (χ1) is 6.67. The third kappa shape index (κ3) is 2.41. The van der Waals surface area contributed by atoms with Gasteiger partial charge < -0.3 is 4.74 Å². The van der Waals surface area contributed by atoms with E-state index >= 15 is 0 Å². The fraction of sp³-hybridized carbons (Fsp3) is 0.222.